The van der Waals surface area contributed by atoms with E-state index < -0.39 is 6.10 Å². The van der Waals surface area contributed by atoms with Crippen LogP contribution in [0.1, 0.15) is 29.1 Å². The van der Waals surface area contributed by atoms with Gasteiger partial charge in [0, 0.05) is 13.1 Å². The van der Waals surface area contributed by atoms with Gasteiger partial charge in [-0.1, -0.05) is 0 Å². The Labute approximate surface area is 87.7 Å². The summed E-state index contributed by atoms with van der Waals surface area (Å²) in [5, 5.41) is 9.46. The van der Waals surface area contributed by atoms with Crippen molar-refractivity contribution in [1.29, 1.82) is 0 Å². The van der Waals surface area contributed by atoms with Crippen LogP contribution in [0.3, 0.4) is 0 Å². The maximum Gasteiger partial charge on any atom is 0.276 e. The van der Waals surface area contributed by atoms with Crippen molar-refractivity contribution in [1.82, 2.24) is 9.88 Å². The van der Waals surface area contributed by atoms with Crippen LogP contribution in [0.25, 0.3) is 0 Å². The number of aliphatic hydroxyl groups excluding tert-OH is 1. The van der Waals surface area contributed by atoms with Crippen LogP contribution in [-0.4, -0.2) is 40.1 Å². The smallest absolute Gasteiger partial charge is 0.276 e. The fraction of sp³-hybridized carbons (Fsp3) is 0.600. The minimum atomic E-state index is -0.407. The first-order valence-electron chi connectivity index (χ1n) is 5.06. The zero-order valence-corrected chi connectivity index (χ0v) is 8.64. The highest BCUT2D eigenvalue weighted by Crippen LogP contribution is 2.14. The molecule has 0 aromatic carbocycles. The van der Waals surface area contributed by atoms with E-state index in [0.717, 1.165) is 12.8 Å². The number of carbonyl (C=O) groups excluding carboxylic acids is 1. The predicted octanol–water partition coefficient (Wildman–Crippen LogP) is 0.580. The zero-order chi connectivity index (χ0) is 10.8. The molecular weight excluding hydrogens is 196 g/mol. The van der Waals surface area contributed by atoms with Gasteiger partial charge in [0.05, 0.1) is 6.10 Å². The number of aryl methyl sites for hydroxylation is 1. The van der Waals surface area contributed by atoms with E-state index in [-0.39, 0.29) is 5.91 Å². The molecule has 1 unspecified atom stereocenters. The van der Waals surface area contributed by atoms with Crippen molar-refractivity contribution in [3.05, 3.63) is 17.8 Å². The summed E-state index contributed by atoms with van der Waals surface area (Å²) in [6.45, 7) is 2.79. The number of β-amino-alcohol motifs (C(OH)–C–C–N with tert-alkyl or cyclic N) is 1. The zero-order valence-electron chi connectivity index (χ0n) is 8.64. The van der Waals surface area contributed by atoms with Gasteiger partial charge in [0.1, 0.15) is 5.76 Å². The van der Waals surface area contributed by atoms with Crippen molar-refractivity contribution < 1.29 is 14.3 Å². The van der Waals surface area contributed by atoms with Crippen LogP contribution in [0.2, 0.25) is 0 Å². The van der Waals surface area contributed by atoms with Crippen molar-refractivity contribution in [2.24, 2.45) is 0 Å². The first-order valence-corrected chi connectivity index (χ1v) is 5.06. The molecule has 15 heavy (non-hydrogen) atoms. The molecule has 1 amide bonds. The first-order chi connectivity index (χ1) is 7.18. The number of piperidine rings is 1. The molecule has 1 aromatic heterocycles. The average Bonchev–Trinajstić information content (AvgIpc) is 2.63. The highest BCUT2D eigenvalue weighted by molar-refractivity contribution is 5.93. The van der Waals surface area contributed by atoms with E-state index in [4.69, 9.17) is 4.42 Å². The van der Waals surface area contributed by atoms with Crippen molar-refractivity contribution >= 4 is 5.91 Å². The molecule has 0 aliphatic carbocycles. The number of nitrogens with zero attached hydrogens (tertiary/aromatic N) is 2. The highest BCUT2D eigenvalue weighted by Gasteiger charge is 2.25. The molecule has 82 valence electrons. The quantitative estimate of drug-likeness (QED) is 0.736. The van der Waals surface area contributed by atoms with E-state index >= 15 is 0 Å². The largest absolute Gasteiger partial charge is 0.448 e. The van der Waals surface area contributed by atoms with Gasteiger partial charge in [-0.2, -0.15) is 0 Å². The fourth-order valence-corrected chi connectivity index (χ4v) is 1.80. The Morgan fingerprint density at radius 1 is 1.73 bits per heavy atom. The number of hydrogen-bond donors (Lipinski definition) is 1. The Balaban J connectivity index is 2.11. The number of aliphatic hydroxyl groups is 1. The Morgan fingerprint density at radius 3 is 3.13 bits per heavy atom. The summed E-state index contributed by atoms with van der Waals surface area (Å²) in [7, 11) is 0. The Bertz CT molecular complexity index is 361. The third-order valence-electron chi connectivity index (χ3n) is 2.63. The van der Waals surface area contributed by atoms with Gasteiger partial charge in [0.2, 0.25) is 0 Å². The third kappa shape index (κ3) is 2.02. The number of amides is 1. The molecule has 1 aliphatic rings. The van der Waals surface area contributed by atoms with E-state index in [2.05, 4.69) is 4.98 Å². The maximum atomic E-state index is 11.9. The molecule has 1 saturated heterocycles. The van der Waals surface area contributed by atoms with Crippen molar-refractivity contribution in [3.8, 4) is 0 Å². The molecule has 1 aliphatic heterocycles. The second kappa shape index (κ2) is 4.02. The maximum absolute atomic E-state index is 11.9. The van der Waals surface area contributed by atoms with Crippen LogP contribution in [-0.2, 0) is 0 Å². The topological polar surface area (TPSA) is 66.6 Å². The summed E-state index contributed by atoms with van der Waals surface area (Å²) in [5.74, 6) is 0.375. The second-order valence-electron chi connectivity index (χ2n) is 3.80. The second-order valence-corrected chi connectivity index (χ2v) is 3.80. The van der Waals surface area contributed by atoms with Gasteiger partial charge in [-0.3, -0.25) is 4.79 Å². The predicted molar refractivity (Wildman–Crippen MR) is 52.4 cm³/mol. The normalized spacial score (nSPS) is 21.7. The summed E-state index contributed by atoms with van der Waals surface area (Å²) < 4.78 is 4.98. The molecular formula is C10H14N2O3. The van der Waals surface area contributed by atoms with Crippen LogP contribution < -0.4 is 0 Å². The molecule has 1 fully saturated rings. The lowest BCUT2D eigenvalue weighted by Gasteiger charge is -2.29. The Kier molecular flexibility index (Phi) is 2.73. The van der Waals surface area contributed by atoms with Crippen LogP contribution >= 0.6 is 0 Å². The van der Waals surface area contributed by atoms with Gasteiger partial charge in [0.25, 0.3) is 5.91 Å². The summed E-state index contributed by atoms with van der Waals surface area (Å²) in [4.78, 5) is 17.4. The summed E-state index contributed by atoms with van der Waals surface area (Å²) >= 11 is 0. The number of oxazole rings is 1. The standard InChI is InChI=1S/C10H14N2O3/c1-7-9(11-6-15-7)10(14)12-4-2-3-8(13)5-12/h6,8,13H,2-5H2,1H3. The summed E-state index contributed by atoms with van der Waals surface area (Å²) in [5.41, 5.74) is 0.351. The lowest BCUT2D eigenvalue weighted by atomic mass is 10.1. The number of likely N-dealkylation sites (tertiary alicyclic amines) is 1. The van der Waals surface area contributed by atoms with Crippen molar-refractivity contribution in [3.63, 3.8) is 0 Å². The van der Waals surface area contributed by atoms with E-state index in [1.54, 1.807) is 11.8 Å². The summed E-state index contributed by atoms with van der Waals surface area (Å²) in [6.07, 6.45) is 2.46. The molecule has 0 spiro atoms. The van der Waals surface area contributed by atoms with Crippen LogP contribution in [0.5, 0.6) is 0 Å². The van der Waals surface area contributed by atoms with Gasteiger partial charge >= 0.3 is 0 Å². The molecule has 1 atom stereocenters. The van der Waals surface area contributed by atoms with Gasteiger partial charge < -0.3 is 14.4 Å². The fourth-order valence-electron chi connectivity index (χ4n) is 1.80. The van der Waals surface area contributed by atoms with E-state index in [0.29, 0.717) is 24.5 Å². The molecule has 1 N–H and O–H groups in total. The first kappa shape index (κ1) is 10.2. The number of aromatic nitrogens is 1. The number of carbonyl (C=O) groups is 1. The molecule has 0 radical (unpaired) electrons. The number of hydrogen-bond acceptors (Lipinski definition) is 4. The Morgan fingerprint density at radius 2 is 2.53 bits per heavy atom. The number of rotatable bonds is 1. The van der Waals surface area contributed by atoms with Crippen molar-refractivity contribution in [2.75, 3.05) is 13.1 Å². The van der Waals surface area contributed by atoms with Crippen LogP contribution in [0.4, 0.5) is 0 Å². The minimum Gasteiger partial charge on any atom is -0.448 e. The van der Waals surface area contributed by atoms with Crippen LogP contribution in [0.15, 0.2) is 10.8 Å². The van der Waals surface area contributed by atoms with Gasteiger partial charge in [-0.05, 0) is 19.8 Å². The molecule has 2 heterocycles. The van der Waals surface area contributed by atoms with Crippen LogP contribution in [0, 0.1) is 6.92 Å². The highest BCUT2D eigenvalue weighted by atomic mass is 16.3. The molecule has 1 aromatic rings. The third-order valence-corrected chi connectivity index (χ3v) is 2.63. The van der Waals surface area contributed by atoms with Gasteiger partial charge in [-0.15, -0.1) is 0 Å². The molecule has 5 heteroatoms. The van der Waals surface area contributed by atoms with E-state index in [1.807, 2.05) is 0 Å². The molecule has 5 nitrogen and oxygen atoms in total. The lowest BCUT2D eigenvalue weighted by Crippen LogP contribution is -2.42. The Hall–Kier alpha value is -1.36. The lowest BCUT2D eigenvalue weighted by molar-refractivity contribution is 0.0468. The SMILES string of the molecule is Cc1ocnc1C(=O)N1CCCC(O)C1. The monoisotopic (exact) mass is 210 g/mol. The molecule has 2 rings (SSSR count). The average molecular weight is 210 g/mol. The molecule has 0 bridgehead atoms. The van der Waals surface area contributed by atoms with E-state index in [9.17, 15) is 9.90 Å². The van der Waals surface area contributed by atoms with E-state index in [1.165, 1.54) is 6.39 Å². The summed E-state index contributed by atoms with van der Waals surface area (Å²) in [6, 6.07) is 0. The molecule has 0 saturated carbocycles. The van der Waals surface area contributed by atoms with Gasteiger partial charge in [-0.25, -0.2) is 4.98 Å². The minimum absolute atomic E-state index is 0.153. The van der Waals surface area contributed by atoms with Gasteiger partial charge in [0.15, 0.2) is 12.1 Å². The van der Waals surface area contributed by atoms with Crippen molar-refractivity contribution in [2.45, 2.75) is 25.9 Å².